The van der Waals surface area contributed by atoms with Crippen LogP contribution >= 0.6 is 0 Å². The number of benzene rings is 1. The number of hydrogen-bond donors (Lipinski definition) is 1. The summed E-state index contributed by atoms with van der Waals surface area (Å²) in [5.74, 6) is 1.53. The molecule has 0 spiro atoms. The molecule has 0 radical (unpaired) electrons. The molecule has 0 saturated heterocycles. The van der Waals surface area contributed by atoms with Crippen molar-refractivity contribution in [3.8, 4) is 17.1 Å². The Hall–Kier alpha value is -1.94. The molecule has 0 saturated carbocycles. The molecule has 2 aromatic rings. The van der Waals surface area contributed by atoms with Crippen LogP contribution in [0.5, 0.6) is 5.75 Å². The first-order chi connectivity index (χ1) is 8.61. The van der Waals surface area contributed by atoms with E-state index in [9.17, 15) is 0 Å². The van der Waals surface area contributed by atoms with Crippen LogP contribution in [0.15, 0.2) is 30.5 Å². The first-order valence-corrected chi connectivity index (χ1v) is 5.85. The van der Waals surface area contributed by atoms with E-state index in [2.05, 4.69) is 9.97 Å². The number of aryl methyl sites for hydroxylation is 1. The van der Waals surface area contributed by atoms with Crippen LogP contribution in [0.4, 0.5) is 0 Å². The lowest BCUT2D eigenvalue weighted by Gasteiger charge is -2.10. The van der Waals surface area contributed by atoms with E-state index >= 15 is 0 Å². The van der Waals surface area contributed by atoms with Gasteiger partial charge in [-0.25, -0.2) is 9.97 Å². The van der Waals surface area contributed by atoms with Crippen molar-refractivity contribution in [1.29, 1.82) is 0 Å². The van der Waals surface area contributed by atoms with Crippen molar-refractivity contribution in [1.82, 2.24) is 9.97 Å². The van der Waals surface area contributed by atoms with E-state index in [1.165, 1.54) is 0 Å². The molecule has 0 bridgehead atoms. The molecule has 0 aliphatic carbocycles. The minimum absolute atomic E-state index is 0.0464. The molecule has 0 unspecified atom stereocenters. The molecule has 4 heteroatoms. The summed E-state index contributed by atoms with van der Waals surface area (Å²) in [6, 6.07) is 7.63. The second-order valence-electron chi connectivity index (χ2n) is 4.25. The van der Waals surface area contributed by atoms with Crippen molar-refractivity contribution in [2.24, 2.45) is 5.73 Å². The minimum Gasteiger partial charge on any atom is -0.497 e. The molecule has 0 fully saturated rings. The maximum atomic E-state index is 5.84. The Kier molecular flexibility index (Phi) is 3.58. The van der Waals surface area contributed by atoms with Gasteiger partial charge in [-0.1, -0.05) is 0 Å². The smallest absolute Gasteiger partial charge is 0.159 e. The van der Waals surface area contributed by atoms with Crippen LogP contribution in [0.2, 0.25) is 0 Å². The van der Waals surface area contributed by atoms with Crippen LogP contribution < -0.4 is 10.5 Å². The maximum absolute atomic E-state index is 5.84. The fraction of sp³-hybridized carbons (Fsp3) is 0.286. The van der Waals surface area contributed by atoms with Crippen LogP contribution in [0.3, 0.4) is 0 Å². The maximum Gasteiger partial charge on any atom is 0.159 e. The Bertz CT molecular complexity index is 535. The summed E-state index contributed by atoms with van der Waals surface area (Å²) in [5.41, 5.74) is 8.71. The van der Waals surface area contributed by atoms with Crippen LogP contribution in [0.1, 0.15) is 24.2 Å². The van der Waals surface area contributed by atoms with Crippen molar-refractivity contribution in [3.05, 3.63) is 41.7 Å². The largest absolute Gasteiger partial charge is 0.497 e. The normalized spacial score (nSPS) is 12.2. The number of rotatable bonds is 3. The van der Waals surface area contributed by atoms with Crippen molar-refractivity contribution in [3.63, 3.8) is 0 Å². The lowest BCUT2D eigenvalue weighted by molar-refractivity contribution is 0.415. The second-order valence-corrected chi connectivity index (χ2v) is 4.25. The third-order valence-corrected chi connectivity index (χ3v) is 2.86. The lowest BCUT2D eigenvalue weighted by Crippen LogP contribution is -2.09. The lowest BCUT2D eigenvalue weighted by atomic mass is 10.1. The van der Waals surface area contributed by atoms with E-state index < -0.39 is 0 Å². The summed E-state index contributed by atoms with van der Waals surface area (Å²) in [5, 5.41) is 0. The van der Waals surface area contributed by atoms with Gasteiger partial charge in [0.25, 0.3) is 0 Å². The summed E-state index contributed by atoms with van der Waals surface area (Å²) in [4.78, 5) is 8.84. The van der Waals surface area contributed by atoms with Gasteiger partial charge in [-0.3, -0.25) is 0 Å². The molecular weight excluding hydrogens is 226 g/mol. The molecule has 0 amide bonds. The van der Waals surface area contributed by atoms with Gasteiger partial charge in [0.2, 0.25) is 0 Å². The van der Waals surface area contributed by atoms with Crippen LogP contribution in [-0.4, -0.2) is 17.1 Å². The van der Waals surface area contributed by atoms with Gasteiger partial charge in [-0.05, 0) is 38.1 Å². The molecule has 94 valence electrons. The van der Waals surface area contributed by atoms with Gasteiger partial charge in [-0.2, -0.15) is 0 Å². The quantitative estimate of drug-likeness (QED) is 0.899. The van der Waals surface area contributed by atoms with Gasteiger partial charge in [-0.15, -0.1) is 0 Å². The first-order valence-electron chi connectivity index (χ1n) is 5.85. The molecule has 0 aliphatic heterocycles. The van der Waals surface area contributed by atoms with Gasteiger partial charge < -0.3 is 10.5 Å². The summed E-state index contributed by atoms with van der Waals surface area (Å²) in [7, 11) is 1.65. The summed E-state index contributed by atoms with van der Waals surface area (Å²) in [6.07, 6.45) is 1.80. The summed E-state index contributed by atoms with van der Waals surface area (Å²) < 4.78 is 5.12. The molecule has 1 aromatic carbocycles. The van der Waals surface area contributed by atoms with E-state index in [4.69, 9.17) is 10.5 Å². The molecule has 1 heterocycles. The Balaban J connectivity index is 2.36. The second kappa shape index (κ2) is 5.14. The molecule has 4 nitrogen and oxygen atoms in total. The monoisotopic (exact) mass is 243 g/mol. The molecule has 1 aromatic heterocycles. The Morgan fingerprint density at radius 2 is 1.89 bits per heavy atom. The standard InChI is InChI=1S/C14H17N3O/c1-9(15)13-8-16-14(17-10(13)2)11-4-6-12(18-3)7-5-11/h4-9H,15H2,1-3H3/t9-/m1/s1. The highest BCUT2D eigenvalue weighted by molar-refractivity contribution is 5.56. The van der Waals surface area contributed by atoms with Crippen molar-refractivity contribution < 1.29 is 4.74 Å². The van der Waals surface area contributed by atoms with Gasteiger partial charge in [0.15, 0.2) is 5.82 Å². The highest BCUT2D eigenvalue weighted by Gasteiger charge is 2.08. The number of hydrogen-bond acceptors (Lipinski definition) is 4. The van der Waals surface area contributed by atoms with Crippen LogP contribution in [0, 0.1) is 6.92 Å². The zero-order valence-electron chi connectivity index (χ0n) is 10.8. The summed E-state index contributed by atoms with van der Waals surface area (Å²) >= 11 is 0. The Morgan fingerprint density at radius 3 is 2.39 bits per heavy atom. The van der Waals surface area contributed by atoms with Gasteiger partial charge in [0.05, 0.1) is 7.11 Å². The van der Waals surface area contributed by atoms with Gasteiger partial charge in [0.1, 0.15) is 5.75 Å². The first kappa shape index (κ1) is 12.5. The molecule has 2 rings (SSSR count). The summed E-state index contributed by atoms with van der Waals surface area (Å²) in [6.45, 7) is 3.88. The Morgan fingerprint density at radius 1 is 1.22 bits per heavy atom. The minimum atomic E-state index is -0.0464. The van der Waals surface area contributed by atoms with Gasteiger partial charge in [0, 0.05) is 29.1 Å². The Labute approximate surface area is 107 Å². The molecule has 0 aliphatic rings. The van der Waals surface area contributed by atoms with E-state index in [-0.39, 0.29) is 6.04 Å². The zero-order valence-corrected chi connectivity index (χ0v) is 10.8. The van der Waals surface area contributed by atoms with E-state index in [0.29, 0.717) is 5.82 Å². The third-order valence-electron chi connectivity index (χ3n) is 2.86. The average Bonchev–Trinajstić information content (AvgIpc) is 2.38. The fourth-order valence-electron chi connectivity index (χ4n) is 1.80. The van der Waals surface area contributed by atoms with Crippen molar-refractivity contribution >= 4 is 0 Å². The highest BCUT2D eigenvalue weighted by atomic mass is 16.5. The SMILES string of the molecule is COc1ccc(-c2ncc([C@@H](C)N)c(C)n2)cc1. The van der Waals surface area contributed by atoms with E-state index in [1.807, 2.05) is 38.1 Å². The number of nitrogens with zero attached hydrogens (tertiary/aromatic N) is 2. The molecule has 1 atom stereocenters. The van der Waals surface area contributed by atoms with E-state index in [1.54, 1.807) is 13.3 Å². The number of aromatic nitrogens is 2. The number of methoxy groups -OCH3 is 1. The predicted molar refractivity (Wildman–Crippen MR) is 71.4 cm³/mol. The zero-order chi connectivity index (χ0) is 13.1. The molecule has 18 heavy (non-hydrogen) atoms. The van der Waals surface area contributed by atoms with Gasteiger partial charge >= 0.3 is 0 Å². The molecule has 2 N–H and O–H groups in total. The van der Waals surface area contributed by atoms with Crippen molar-refractivity contribution in [2.45, 2.75) is 19.9 Å². The number of ether oxygens (including phenoxy) is 1. The van der Waals surface area contributed by atoms with Crippen LogP contribution in [0.25, 0.3) is 11.4 Å². The third kappa shape index (κ3) is 2.49. The predicted octanol–water partition coefficient (Wildman–Crippen LogP) is 2.48. The van der Waals surface area contributed by atoms with Crippen molar-refractivity contribution in [2.75, 3.05) is 7.11 Å². The topological polar surface area (TPSA) is 61.0 Å². The highest BCUT2D eigenvalue weighted by Crippen LogP contribution is 2.21. The fourth-order valence-corrected chi connectivity index (χ4v) is 1.80. The van der Waals surface area contributed by atoms with Crippen LogP contribution in [-0.2, 0) is 0 Å². The average molecular weight is 243 g/mol. The number of nitrogens with two attached hydrogens (primary N) is 1. The molecular formula is C14H17N3O. The van der Waals surface area contributed by atoms with E-state index in [0.717, 1.165) is 22.6 Å².